The first-order valence-electron chi connectivity index (χ1n) is 3.12. The first-order valence-corrected chi connectivity index (χ1v) is 4.00. The summed E-state index contributed by atoms with van der Waals surface area (Å²) < 4.78 is 0. The molecule has 0 aliphatic heterocycles. The molecule has 0 aromatic carbocycles. The molecule has 4 heteroatoms. The Morgan fingerprint density at radius 3 is 3.10 bits per heavy atom. The highest BCUT2D eigenvalue weighted by atomic mass is 32.1. The third-order valence-electron chi connectivity index (χ3n) is 1.18. The van der Waals surface area contributed by atoms with Crippen molar-refractivity contribution >= 4 is 11.3 Å². The summed E-state index contributed by atoms with van der Waals surface area (Å²) in [7, 11) is 0. The molecule has 0 amide bonds. The van der Waals surface area contributed by atoms with Crippen molar-refractivity contribution in [3.63, 3.8) is 0 Å². The molecule has 0 unspecified atom stereocenters. The highest BCUT2D eigenvalue weighted by Gasteiger charge is 2.07. The molecule has 0 radical (unpaired) electrons. The third kappa shape index (κ3) is 1.76. The van der Waals surface area contributed by atoms with Crippen LogP contribution in [0.1, 0.15) is 17.5 Å². The summed E-state index contributed by atoms with van der Waals surface area (Å²) in [6, 6.07) is 0. The van der Waals surface area contributed by atoms with Crippen molar-refractivity contribution < 1.29 is 5.11 Å². The first kappa shape index (κ1) is 7.65. The molecule has 1 heterocycles. The molecule has 3 N–H and O–H groups in total. The number of nitrogens with zero attached hydrogens (tertiary/aromatic N) is 1. The van der Waals surface area contributed by atoms with Gasteiger partial charge >= 0.3 is 0 Å². The minimum Gasteiger partial charge on any atom is -0.386 e. The molecule has 1 rings (SSSR count). The van der Waals surface area contributed by atoms with Crippen molar-refractivity contribution in [2.24, 2.45) is 5.73 Å². The fraction of sp³-hybridized carbons (Fsp3) is 0.500. The van der Waals surface area contributed by atoms with Crippen LogP contribution in [0.15, 0.2) is 11.6 Å². The Kier molecular flexibility index (Phi) is 2.80. The maximum atomic E-state index is 9.28. The molecule has 1 atom stereocenters. The number of aromatic nitrogens is 1. The van der Waals surface area contributed by atoms with Crippen molar-refractivity contribution in [1.82, 2.24) is 4.98 Å². The number of thiazole rings is 1. The van der Waals surface area contributed by atoms with Crippen LogP contribution in [0, 0.1) is 0 Å². The second kappa shape index (κ2) is 3.65. The van der Waals surface area contributed by atoms with Crippen molar-refractivity contribution in [3.05, 3.63) is 16.6 Å². The lowest BCUT2D eigenvalue weighted by molar-refractivity contribution is 0.170. The molecular formula is C6H10N2OS. The van der Waals surface area contributed by atoms with E-state index in [-0.39, 0.29) is 0 Å². The van der Waals surface area contributed by atoms with Crippen LogP contribution in [0.3, 0.4) is 0 Å². The van der Waals surface area contributed by atoms with Gasteiger partial charge in [-0.2, -0.15) is 0 Å². The van der Waals surface area contributed by atoms with E-state index in [0.29, 0.717) is 13.0 Å². The molecule has 0 fully saturated rings. The van der Waals surface area contributed by atoms with Crippen molar-refractivity contribution in [2.45, 2.75) is 12.5 Å². The van der Waals surface area contributed by atoms with Crippen LogP contribution in [0.2, 0.25) is 0 Å². The number of aliphatic hydroxyl groups excluding tert-OH is 1. The van der Waals surface area contributed by atoms with Crippen molar-refractivity contribution in [2.75, 3.05) is 6.54 Å². The van der Waals surface area contributed by atoms with Gasteiger partial charge in [0.05, 0.1) is 0 Å². The van der Waals surface area contributed by atoms with E-state index in [1.54, 1.807) is 6.20 Å². The molecule has 3 nitrogen and oxygen atoms in total. The summed E-state index contributed by atoms with van der Waals surface area (Å²) in [6.45, 7) is 0.501. The van der Waals surface area contributed by atoms with Gasteiger partial charge in [0.2, 0.25) is 0 Å². The van der Waals surface area contributed by atoms with E-state index in [1.807, 2.05) is 5.38 Å². The maximum absolute atomic E-state index is 9.28. The smallest absolute Gasteiger partial charge is 0.121 e. The van der Waals surface area contributed by atoms with Gasteiger partial charge in [-0.3, -0.25) is 0 Å². The lowest BCUT2D eigenvalue weighted by atomic mass is 10.3. The van der Waals surface area contributed by atoms with Crippen LogP contribution in [-0.4, -0.2) is 16.6 Å². The lowest BCUT2D eigenvalue weighted by Gasteiger charge is -2.02. The van der Waals surface area contributed by atoms with Gasteiger partial charge in [-0.15, -0.1) is 11.3 Å². The van der Waals surface area contributed by atoms with Gasteiger partial charge in [-0.25, -0.2) is 4.98 Å². The van der Waals surface area contributed by atoms with E-state index in [4.69, 9.17) is 5.73 Å². The summed E-state index contributed by atoms with van der Waals surface area (Å²) in [5.41, 5.74) is 5.25. The van der Waals surface area contributed by atoms with E-state index in [1.165, 1.54) is 11.3 Å². The van der Waals surface area contributed by atoms with E-state index in [0.717, 1.165) is 5.01 Å². The second-order valence-corrected chi connectivity index (χ2v) is 2.89. The summed E-state index contributed by atoms with van der Waals surface area (Å²) in [6.07, 6.45) is 1.80. The minimum atomic E-state index is -0.468. The van der Waals surface area contributed by atoms with Gasteiger partial charge < -0.3 is 10.8 Å². The van der Waals surface area contributed by atoms with Crippen LogP contribution in [0.25, 0.3) is 0 Å². The number of aliphatic hydroxyl groups is 1. The Labute approximate surface area is 63.5 Å². The van der Waals surface area contributed by atoms with Crippen LogP contribution >= 0.6 is 11.3 Å². The molecule has 1 aromatic heterocycles. The fourth-order valence-corrected chi connectivity index (χ4v) is 1.34. The van der Waals surface area contributed by atoms with E-state index < -0.39 is 6.10 Å². The minimum absolute atomic E-state index is 0.468. The molecule has 0 saturated carbocycles. The normalized spacial score (nSPS) is 13.4. The molecule has 0 aliphatic rings. The molecular weight excluding hydrogens is 148 g/mol. The lowest BCUT2D eigenvalue weighted by Crippen LogP contribution is -2.06. The first-order chi connectivity index (χ1) is 4.84. The standard InChI is InChI=1S/C6H10N2OS/c7-2-1-5(9)6-8-3-4-10-6/h3-5,9H,1-2,7H2/t5-/m0/s1. The molecule has 0 bridgehead atoms. The van der Waals surface area contributed by atoms with Gasteiger partial charge in [-0.1, -0.05) is 0 Å². The highest BCUT2D eigenvalue weighted by Crippen LogP contribution is 2.17. The molecule has 1 aromatic rings. The third-order valence-corrected chi connectivity index (χ3v) is 2.05. The molecule has 0 saturated heterocycles. The van der Waals surface area contributed by atoms with Crippen LogP contribution in [0.4, 0.5) is 0 Å². The quantitative estimate of drug-likeness (QED) is 0.674. The Morgan fingerprint density at radius 1 is 1.80 bits per heavy atom. The monoisotopic (exact) mass is 158 g/mol. The van der Waals surface area contributed by atoms with Gasteiger partial charge in [0.1, 0.15) is 11.1 Å². The van der Waals surface area contributed by atoms with Crippen molar-refractivity contribution in [1.29, 1.82) is 0 Å². The fourth-order valence-electron chi connectivity index (χ4n) is 0.680. The zero-order valence-corrected chi connectivity index (χ0v) is 6.34. The second-order valence-electron chi connectivity index (χ2n) is 1.96. The molecule has 0 spiro atoms. The number of hydrogen-bond donors (Lipinski definition) is 2. The predicted molar refractivity (Wildman–Crippen MR) is 40.7 cm³/mol. The van der Waals surface area contributed by atoms with E-state index in [2.05, 4.69) is 4.98 Å². The molecule has 10 heavy (non-hydrogen) atoms. The Hall–Kier alpha value is -0.450. The van der Waals surface area contributed by atoms with Gasteiger partial charge in [0, 0.05) is 11.6 Å². The van der Waals surface area contributed by atoms with E-state index >= 15 is 0 Å². The molecule has 0 aliphatic carbocycles. The molecule has 56 valence electrons. The van der Waals surface area contributed by atoms with Gasteiger partial charge in [0.15, 0.2) is 0 Å². The largest absolute Gasteiger partial charge is 0.386 e. The Bertz CT molecular complexity index is 176. The predicted octanol–water partition coefficient (Wildman–Crippen LogP) is 0.525. The SMILES string of the molecule is NCC[C@H](O)c1nccs1. The van der Waals surface area contributed by atoms with Gasteiger partial charge in [0.25, 0.3) is 0 Å². The average Bonchev–Trinajstić information content (AvgIpc) is 2.38. The number of nitrogens with two attached hydrogens (primary N) is 1. The summed E-state index contributed by atoms with van der Waals surface area (Å²) >= 11 is 1.45. The number of rotatable bonds is 3. The van der Waals surface area contributed by atoms with Crippen LogP contribution < -0.4 is 5.73 Å². The Morgan fingerprint density at radius 2 is 2.60 bits per heavy atom. The van der Waals surface area contributed by atoms with Crippen LogP contribution in [0.5, 0.6) is 0 Å². The number of hydrogen-bond acceptors (Lipinski definition) is 4. The van der Waals surface area contributed by atoms with Gasteiger partial charge in [-0.05, 0) is 13.0 Å². The average molecular weight is 158 g/mol. The van der Waals surface area contributed by atoms with E-state index in [9.17, 15) is 5.11 Å². The highest BCUT2D eigenvalue weighted by molar-refractivity contribution is 7.09. The summed E-state index contributed by atoms with van der Waals surface area (Å²) in [5.74, 6) is 0. The topological polar surface area (TPSA) is 59.1 Å². The summed E-state index contributed by atoms with van der Waals surface area (Å²) in [5, 5.41) is 11.9. The Balaban J connectivity index is 2.50. The van der Waals surface area contributed by atoms with Crippen LogP contribution in [-0.2, 0) is 0 Å². The summed E-state index contributed by atoms with van der Waals surface area (Å²) in [4.78, 5) is 3.95. The maximum Gasteiger partial charge on any atom is 0.121 e. The van der Waals surface area contributed by atoms with Crippen molar-refractivity contribution in [3.8, 4) is 0 Å². The zero-order valence-electron chi connectivity index (χ0n) is 5.53. The zero-order chi connectivity index (χ0) is 7.40.